The van der Waals surface area contributed by atoms with Gasteiger partial charge in [0.15, 0.2) is 0 Å². The second kappa shape index (κ2) is 9.66. The molecule has 0 radical (unpaired) electrons. The van der Waals surface area contributed by atoms with Crippen LogP contribution >= 0.6 is 23.5 Å². The first-order valence-electron chi connectivity index (χ1n) is 8.02. The van der Waals surface area contributed by atoms with Gasteiger partial charge in [-0.15, -0.1) is 11.8 Å². The summed E-state index contributed by atoms with van der Waals surface area (Å²) in [7, 11) is 4.30. The fourth-order valence-electron chi connectivity index (χ4n) is 2.40. The quantitative estimate of drug-likeness (QED) is 0.763. The third-order valence-corrected chi connectivity index (χ3v) is 6.31. The molecule has 1 atom stereocenters. The maximum absolute atomic E-state index is 9.10. The van der Waals surface area contributed by atoms with Crippen LogP contribution in [0, 0.1) is 0 Å². The second-order valence-electron chi connectivity index (χ2n) is 5.90. The van der Waals surface area contributed by atoms with Crippen LogP contribution in [-0.4, -0.2) is 47.7 Å². The number of rotatable bonds is 3. The van der Waals surface area contributed by atoms with Crippen LogP contribution in [0.1, 0.15) is 17.2 Å². The molecular formula is C19H21NO4S2. The molecule has 0 aromatic heterocycles. The molecule has 2 aromatic rings. The molecule has 0 amide bonds. The lowest BCUT2D eigenvalue weighted by Gasteiger charge is -2.19. The molecule has 3 rings (SSSR count). The smallest absolute Gasteiger partial charge is 0.414 e. The van der Waals surface area contributed by atoms with Crippen molar-refractivity contribution in [2.24, 2.45) is 0 Å². The topological polar surface area (TPSA) is 77.8 Å². The molecule has 138 valence electrons. The van der Waals surface area contributed by atoms with Crippen molar-refractivity contribution in [2.45, 2.75) is 26.4 Å². The Hall–Kier alpha value is -1.96. The molecule has 2 N–H and O–H groups in total. The van der Waals surface area contributed by atoms with Gasteiger partial charge in [0.25, 0.3) is 0 Å². The third-order valence-electron chi connectivity index (χ3n) is 3.63. The van der Waals surface area contributed by atoms with E-state index in [1.807, 2.05) is 23.5 Å². The standard InChI is InChI=1S/C17H19NS2.C2H2O4/c1-18(2)12-11-15-13-7-3-4-8-14(13)19-16-9-5-6-10-17(16)20-15;3-1(4)2(5)6/h3-10,15H,11-12H2,1-2H3;(H,3,4)(H,5,6). The highest BCUT2D eigenvalue weighted by Gasteiger charge is 2.22. The summed E-state index contributed by atoms with van der Waals surface area (Å²) < 4.78 is 0. The lowest BCUT2D eigenvalue weighted by Crippen LogP contribution is -2.15. The first-order valence-corrected chi connectivity index (χ1v) is 9.71. The summed E-state index contributed by atoms with van der Waals surface area (Å²) in [5, 5.41) is 15.3. The largest absolute Gasteiger partial charge is 0.473 e. The number of hydrogen-bond donors (Lipinski definition) is 2. The van der Waals surface area contributed by atoms with Gasteiger partial charge in [-0.25, -0.2) is 9.59 Å². The molecule has 1 aliphatic rings. The lowest BCUT2D eigenvalue weighted by atomic mass is 10.1. The Morgan fingerprint density at radius 3 is 2.04 bits per heavy atom. The summed E-state index contributed by atoms with van der Waals surface area (Å²) in [5.41, 5.74) is 1.49. The molecule has 0 saturated heterocycles. The van der Waals surface area contributed by atoms with E-state index in [0.717, 1.165) is 6.54 Å². The van der Waals surface area contributed by atoms with Crippen LogP contribution in [0.15, 0.2) is 63.2 Å². The number of carboxylic acids is 2. The van der Waals surface area contributed by atoms with Gasteiger partial charge in [-0.3, -0.25) is 0 Å². The number of nitrogens with zero attached hydrogens (tertiary/aromatic N) is 1. The van der Waals surface area contributed by atoms with Crippen LogP contribution < -0.4 is 0 Å². The summed E-state index contributed by atoms with van der Waals surface area (Å²) in [4.78, 5) is 24.7. The van der Waals surface area contributed by atoms with E-state index >= 15 is 0 Å². The molecule has 0 spiro atoms. The van der Waals surface area contributed by atoms with Gasteiger partial charge in [0, 0.05) is 19.9 Å². The monoisotopic (exact) mass is 391 g/mol. The molecule has 0 aliphatic carbocycles. The molecule has 26 heavy (non-hydrogen) atoms. The predicted octanol–water partition coefficient (Wildman–Crippen LogP) is 4.09. The Morgan fingerprint density at radius 2 is 1.46 bits per heavy atom. The van der Waals surface area contributed by atoms with Crippen molar-refractivity contribution >= 4 is 35.5 Å². The van der Waals surface area contributed by atoms with E-state index in [-0.39, 0.29) is 0 Å². The second-order valence-corrected chi connectivity index (χ2v) is 8.22. The van der Waals surface area contributed by atoms with Gasteiger partial charge in [-0.05, 0) is 50.8 Å². The molecule has 1 heterocycles. The highest BCUT2D eigenvalue weighted by atomic mass is 32.2. The minimum Gasteiger partial charge on any atom is -0.473 e. The molecule has 0 fully saturated rings. The van der Waals surface area contributed by atoms with Crippen molar-refractivity contribution in [1.82, 2.24) is 4.90 Å². The van der Waals surface area contributed by atoms with Crippen molar-refractivity contribution < 1.29 is 19.8 Å². The number of fused-ring (bicyclic) bond motifs is 2. The van der Waals surface area contributed by atoms with Gasteiger partial charge in [0.1, 0.15) is 0 Å². The highest BCUT2D eigenvalue weighted by molar-refractivity contribution is 8.03. The minimum atomic E-state index is -1.82. The highest BCUT2D eigenvalue weighted by Crippen LogP contribution is 2.50. The average Bonchev–Trinajstić information content (AvgIpc) is 2.76. The van der Waals surface area contributed by atoms with E-state index in [1.165, 1.54) is 26.7 Å². The summed E-state index contributed by atoms with van der Waals surface area (Å²) >= 11 is 3.92. The Bertz CT molecular complexity index is 768. The third kappa shape index (κ3) is 5.79. The van der Waals surface area contributed by atoms with Crippen LogP contribution in [0.2, 0.25) is 0 Å². The fourth-order valence-corrected chi connectivity index (χ4v) is 4.97. The van der Waals surface area contributed by atoms with E-state index in [9.17, 15) is 0 Å². The molecular weight excluding hydrogens is 370 g/mol. The Balaban J connectivity index is 0.000000352. The van der Waals surface area contributed by atoms with Crippen molar-refractivity contribution in [3.8, 4) is 0 Å². The average molecular weight is 392 g/mol. The number of thioether (sulfide) groups is 1. The Morgan fingerprint density at radius 1 is 0.923 bits per heavy atom. The lowest BCUT2D eigenvalue weighted by molar-refractivity contribution is -0.159. The first kappa shape index (κ1) is 20.4. The van der Waals surface area contributed by atoms with Crippen LogP contribution in [-0.2, 0) is 9.59 Å². The predicted molar refractivity (Wildman–Crippen MR) is 104 cm³/mol. The molecule has 5 nitrogen and oxygen atoms in total. The number of hydrogen-bond acceptors (Lipinski definition) is 5. The molecule has 2 aromatic carbocycles. The molecule has 0 bridgehead atoms. The minimum absolute atomic E-state index is 0.546. The summed E-state index contributed by atoms with van der Waals surface area (Å²) in [5.74, 6) is -3.65. The van der Waals surface area contributed by atoms with Crippen molar-refractivity contribution in [2.75, 3.05) is 20.6 Å². The zero-order chi connectivity index (χ0) is 19.1. The fraction of sp³-hybridized carbons (Fsp3) is 0.263. The van der Waals surface area contributed by atoms with Gasteiger partial charge in [-0.1, -0.05) is 42.1 Å². The normalized spacial score (nSPS) is 15.1. The zero-order valence-corrected chi connectivity index (χ0v) is 16.2. The van der Waals surface area contributed by atoms with Gasteiger partial charge in [0.2, 0.25) is 0 Å². The van der Waals surface area contributed by atoms with Crippen molar-refractivity contribution in [3.63, 3.8) is 0 Å². The van der Waals surface area contributed by atoms with E-state index in [0.29, 0.717) is 5.25 Å². The molecule has 1 aliphatic heterocycles. The number of benzene rings is 2. The van der Waals surface area contributed by atoms with Gasteiger partial charge in [-0.2, -0.15) is 0 Å². The van der Waals surface area contributed by atoms with E-state index in [2.05, 4.69) is 67.5 Å². The number of carboxylic acid groups (broad SMARTS) is 2. The first-order chi connectivity index (χ1) is 12.4. The summed E-state index contributed by atoms with van der Waals surface area (Å²) in [6, 6.07) is 17.6. The van der Waals surface area contributed by atoms with E-state index in [1.54, 1.807) is 0 Å². The van der Waals surface area contributed by atoms with Gasteiger partial charge in [0.05, 0.1) is 0 Å². The SMILES string of the molecule is CN(C)CCC1Sc2ccccc2Sc2ccccc21.O=C(O)C(=O)O. The maximum atomic E-state index is 9.10. The van der Waals surface area contributed by atoms with E-state index < -0.39 is 11.9 Å². The maximum Gasteiger partial charge on any atom is 0.414 e. The number of carbonyl (C=O) groups is 2. The van der Waals surface area contributed by atoms with Crippen molar-refractivity contribution in [1.29, 1.82) is 0 Å². The Kier molecular flexibility index (Phi) is 7.56. The molecule has 0 saturated carbocycles. The van der Waals surface area contributed by atoms with Crippen LogP contribution in [0.25, 0.3) is 0 Å². The summed E-state index contributed by atoms with van der Waals surface area (Å²) in [6.45, 7) is 1.12. The molecule has 1 unspecified atom stereocenters. The van der Waals surface area contributed by atoms with Gasteiger partial charge < -0.3 is 15.1 Å². The van der Waals surface area contributed by atoms with Crippen molar-refractivity contribution in [3.05, 3.63) is 54.1 Å². The number of aliphatic carboxylic acids is 2. The zero-order valence-electron chi connectivity index (χ0n) is 14.6. The Labute approximate surface area is 161 Å². The van der Waals surface area contributed by atoms with Crippen LogP contribution in [0.3, 0.4) is 0 Å². The summed E-state index contributed by atoms with van der Waals surface area (Å²) in [6.07, 6.45) is 1.18. The van der Waals surface area contributed by atoms with E-state index in [4.69, 9.17) is 19.8 Å². The van der Waals surface area contributed by atoms with Crippen LogP contribution in [0.4, 0.5) is 0 Å². The van der Waals surface area contributed by atoms with Gasteiger partial charge >= 0.3 is 11.9 Å². The van der Waals surface area contributed by atoms with Crippen LogP contribution in [0.5, 0.6) is 0 Å². The molecule has 7 heteroatoms.